The highest BCUT2D eigenvalue weighted by Crippen LogP contribution is 2.32. The second-order valence-electron chi connectivity index (χ2n) is 5.54. The normalized spacial score (nSPS) is 29.9. The van der Waals surface area contributed by atoms with Gasteiger partial charge >= 0.3 is 0 Å². The summed E-state index contributed by atoms with van der Waals surface area (Å²) in [4.78, 5) is 0. The Balaban J connectivity index is 1.49. The summed E-state index contributed by atoms with van der Waals surface area (Å²) in [5.41, 5.74) is 2.33. The molecule has 0 aliphatic carbocycles. The number of ether oxygens (including phenoxy) is 4. The Morgan fingerprint density at radius 1 is 1.05 bits per heavy atom. The van der Waals surface area contributed by atoms with Gasteiger partial charge in [0.15, 0.2) is 0 Å². The first-order chi connectivity index (χ1) is 9.88. The number of epoxide rings is 3. The van der Waals surface area contributed by atoms with E-state index in [1.807, 2.05) is 12.1 Å². The predicted octanol–water partition coefficient (Wildman–Crippen LogP) is 1.22. The number of nitrogens with one attached hydrogen (secondary N) is 1. The molecule has 108 valence electrons. The Kier molecular flexibility index (Phi) is 3.26. The number of hydrogen-bond donors (Lipinski definition) is 1. The fraction of sp³-hybridized carbons (Fsp3) is 0.600. The highest BCUT2D eigenvalue weighted by Gasteiger charge is 2.28. The van der Waals surface area contributed by atoms with Gasteiger partial charge in [0.2, 0.25) is 0 Å². The molecule has 0 aromatic heterocycles. The van der Waals surface area contributed by atoms with Crippen LogP contribution in [0.25, 0.3) is 0 Å². The lowest BCUT2D eigenvalue weighted by Crippen LogP contribution is -2.12. The van der Waals surface area contributed by atoms with E-state index >= 15 is 0 Å². The first-order valence-electron chi connectivity index (χ1n) is 7.22. The van der Waals surface area contributed by atoms with E-state index in [2.05, 4.69) is 11.4 Å². The molecule has 0 saturated carbocycles. The molecule has 0 bridgehead atoms. The highest BCUT2D eigenvalue weighted by molar-refractivity contribution is 5.58. The Morgan fingerprint density at radius 2 is 1.80 bits per heavy atom. The van der Waals surface area contributed by atoms with E-state index in [9.17, 15) is 0 Å². The van der Waals surface area contributed by atoms with Crippen LogP contribution in [0.5, 0.6) is 5.75 Å². The van der Waals surface area contributed by atoms with Gasteiger partial charge in [-0.1, -0.05) is 6.07 Å². The summed E-state index contributed by atoms with van der Waals surface area (Å²) in [6.07, 6.45) is 1.88. The molecule has 3 aliphatic heterocycles. The molecular formula is C15H19NO4. The second-order valence-corrected chi connectivity index (χ2v) is 5.54. The maximum atomic E-state index is 5.90. The number of hydrogen-bond acceptors (Lipinski definition) is 5. The van der Waals surface area contributed by atoms with Crippen LogP contribution in [0.4, 0.5) is 5.69 Å². The summed E-state index contributed by atoms with van der Waals surface area (Å²) in [7, 11) is 0. The van der Waals surface area contributed by atoms with E-state index in [0.29, 0.717) is 18.8 Å². The molecule has 0 amide bonds. The molecule has 0 spiro atoms. The molecular weight excluding hydrogens is 258 g/mol. The van der Waals surface area contributed by atoms with Gasteiger partial charge in [0, 0.05) is 24.2 Å². The van der Waals surface area contributed by atoms with Crippen LogP contribution < -0.4 is 10.1 Å². The Labute approximate surface area is 118 Å². The molecule has 3 fully saturated rings. The van der Waals surface area contributed by atoms with Crippen LogP contribution in [0.3, 0.4) is 0 Å². The van der Waals surface area contributed by atoms with Gasteiger partial charge in [-0.05, 0) is 12.1 Å². The zero-order valence-corrected chi connectivity index (χ0v) is 11.3. The van der Waals surface area contributed by atoms with E-state index in [1.165, 1.54) is 5.56 Å². The van der Waals surface area contributed by atoms with E-state index in [0.717, 1.165) is 44.2 Å². The molecule has 3 heterocycles. The van der Waals surface area contributed by atoms with Crippen molar-refractivity contribution in [1.29, 1.82) is 0 Å². The van der Waals surface area contributed by atoms with Gasteiger partial charge in [0.25, 0.3) is 0 Å². The number of anilines is 1. The molecule has 3 aliphatic rings. The molecule has 20 heavy (non-hydrogen) atoms. The lowest BCUT2D eigenvalue weighted by molar-refractivity contribution is 0.260. The van der Waals surface area contributed by atoms with Crippen molar-refractivity contribution in [1.82, 2.24) is 0 Å². The van der Waals surface area contributed by atoms with Gasteiger partial charge in [-0.3, -0.25) is 0 Å². The monoisotopic (exact) mass is 277 g/mol. The third kappa shape index (κ3) is 3.23. The molecule has 5 nitrogen and oxygen atoms in total. The quantitative estimate of drug-likeness (QED) is 0.724. The molecule has 0 radical (unpaired) electrons. The van der Waals surface area contributed by atoms with Crippen LogP contribution in [0.2, 0.25) is 0 Å². The lowest BCUT2D eigenvalue weighted by Gasteiger charge is -2.15. The third-order valence-electron chi connectivity index (χ3n) is 3.72. The Hall–Kier alpha value is -1.30. The van der Waals surface area contributed by atoms with E-state index in [-0.39, 0.29) is 6.10 Å². The topological polar surface area (TPSA) is 58.8 Å². The lowest BCUT2D eigenvalue weighted by atomic mass is 10.1. The maximum Gasteiger partial charge on any atom is 0.124 e. The predicted molar refractivity (Wildman–Crippen MR) is 73.4 cm³/mol. The molecule has 1 N–H and O–H groups in total. The summed E-state index contributed by atoms with van der Waals surface area (Å²) in [6, 6.07) is 6.15. The van der Waals surface area contributed by atoms with Crippen LogP contribution in [0, 0.1) is 0 Å². The third-order valence-corrected chi connectivity index (χ3v) is 3.72. The van der Waals surface area contributed by atoms with Crippen molar-refractivity contribution in [3.8, 4) is 5.75 Å². The molecule has 4 rings (SSSR count). The van der Waals surface area contributed by atoms with Crippen molar-refractivity contribution < 1.29 is 18.9 Å². The van der Waals surface area contributed by atoms with E-state index < -0.39 is 0 Å². The van der Waals surface area contributed by atoms with Gasteiger partial charge in [0.1, 0.15) is 18.5 Å². The van der Waals surface area contributed by atoms with Crippen molar-refractivity contribution in [2.45, 2.75) is 24.7 Å². The number of benzene rings is 1. The number of rotatable bonds is 8. The molecule has 3 saturated heterocycles. The van der Waals surface area contributed by atoms with Crippen LogP contribution in [-0.4, -0.2) is 51.3 Å². The SMILES string of the molecule is c1cc(NCC2CO2)c(CC2CO2)c(OCC2CO2)c1. The minimum absolute atomic E-state index is 0.275. The fourth-order valence-electron chi connectivity index (χ4n) is 2.25. The second kappa shape index (κ2) is 5.24. The zero-order valence-electron chi connectivity index (χ0n) is 11.3. The average molecular weight is 277 g/mol. The van der Waals surface area contributed by atoms with Crippen LogP contribution in [0.15, 0.2) is 18.2 Å². The van der Waals surface area contributed by atoms with Crippen molar-refractivity contribution in [2.75, 3.05) is 38.3 Å². The maximum absolute atomic E-state index is 5.90. The largest absolute Gasteiger partial charge is 0.490 e. The first-order valence-corrected chi connectivity index (χ1v) is 7.22. The molecule has 3 unspecified atom stereocenters. The molecule has 1 aromatic carbocycles. The highest BCUT2D eigenvalue weighted by atomic mass is 16.6. The van der Waals surface area contributed by atoms with Gasteiger partial charge < -0.3 is 24.3 Å². The Morgan fingerprint density at radius 3 is 2.50 bits per heavy atom. The minimum atomic E-state index is 0.275. The zero-order chi connectivity index (χ0) is 13.4. The smallest absolute Gasteiger partial charge is 0.124 e. The van der Waals surface area contributed by atoms with Crippen molar-refractivity contribution >= 4 is 5.69 Å². The van der Waals surface area contributed by atoms with Crippen LogP contribution in [0.1, 0.15) is 5.56 Å². The summed E-state index contributed by atoms with van der Waals surface area (Å²) < 4.78 is 21.7. The fourth-order valence-corrected chi connectivity index (χ4v) is 2.25. The molecule has 5 heteroatoms. The molecule has 1 aromatic rings. The van der Waals surface area contributed by atoms with Crippen molar-refractivity contribution in [2.24, 2.45) is 0 Å². The van der Waals surface area contributed by atoms with E-state index in [1.54, 1.807) is 0 Å². The van der Waals surface area contributed by atoms with Crippen molar-refractivity contribution in [3.63, 3.8) is 0 Å². The van der Waals surface area contributed by atoms with Crippen LogP contribution >= 0.6 is 0 Å². The summed E-state index contributed by atoms with van der Waals surface area (Å²) in [5.74, 6) is 0.942. The summed E-state index contributed by atoms with van der Waals surface area (Å²) in [5, 5.41) is 3.46. The average Bonchev–Trinajstić information content (AvgIpc) is 3.30. The first kappa shape index (κ1) is 12.4. The van der Waals surface area contributed by atoms with Gasteiger partial charge in [0.05, 0.1) is 32.0 Å². The van der Waals surface area contributed by atoms with Crippen LogP contribution in [-0.2, 0) is 20.6 Å². The van der Waals surface area contributed by atoms with Gasteiger partial charge in [-0.15, -0.1) is 0 Å². The van der Waals surface area contributed by atoms with Gasteiger partial charge in [-0.2, -0.15) is 0 Å². The van der Waals surface area contributed by atoms with E-state index in [4.69, 9.17) is 18.9 Å². The summed E-state index contributed by atoms with van der Waals surface area (Å²) >= 11 is 0. The van der Waals surface area contributed by atoms with Gasteiger partial charge in [-0.25, -0.2) is 0 Å². The Bertz CT molecular complexity index is 447. The van der Waals surface area contributed by atoms with Crippen molar-refractivity contribution in [3.05, 3.63) is 23.8 Å². The summed E-state index contributed by atoms with van der Waals surface area (Å²) in [6.45, 7) is 4.02. The molecule has 3 atom stereocenters. The standard InChI is InChI=1S/C15H19NO4/c1-2-14(16-5-11-7-18-11)13(4-10-6-17-10)15(3-1)20-9-12-8-19-12/h1-3,10-12,16H,4-9H2. The minimum Gasteiger partial charge on any atom is -0.490 e.